The molecule has 2 aromatic carbocycles. The Labute approximate surface area is 159 Å². The molecule has 5 nitrogen and oxygen atoms in total. The van der Waals surface area contributed by atoms with Crippen LogP contribution in [0.2, 0.25) is 10.0 Å². The van der Waals surface area contributed by atoms with E-state index in [1.54, 1.807) is 0 Å². The minimum atomic E-state index is -0.358. The highest BCUT2D eigenvalue weighted by Crippen LogP contribution is 2.25. The van der Waals surface area contributed by atoms with E-state index in [-0.39, 0.29) is 23.4 Å². The molecule has 0 aliphatic heterocycles. The van der Waals surface area contributed by atoms with E-state index < -0.39 is 0 Å². The van der Waals surface area contributed by atoms with Crippen molar-refractivity contribution in [3.05, 3.63) is 68.2 Å². The molecule has 0 atom stereocenters. The Morgan fingerprint density at radius 2 is 1.96 bits per heavy atom. The van der Waals surface area contributed by atoms with Crippen LogP contribution < -0.4 is 10.9 Å². The zero-order chi connectivity index (χ0) is 18.3. The third-order valence-corrected chi connectivity index (χ3v) is 5.05. The number of aromatic nitrogens is 2. The summed E-state index contributed by atoms with van der Waals surface area (Å²) in [7, 11) is 0. The van der Waals surface area contributed by atoms with Gasteiger partial charge in [0.05, 0.1) is 22.3 Å². The van der Waals surface area contributed by atoms with E-state index in [2.05, 4.69) is 10.3 Å². The van der Waals surface area contributed by atoms with Crippen LogP contribution in [0.3, 0.4) is 0 Å². The van der Waals surface area contributed by atoms with E-state index in [1.165, 1.54) is 34.2 Å². The normalized spacial score (nSPS) is 13.0. The summed E-state index contributed by atoms with van der Waals surface area (Å²) in [5.74, 6) is -0.292. The molecule has 0 unspecified atom stereocenters. The average Bonchev–Trinajstić information content (AvgIpc) is 3.05. The molecular weight excluding hydrogens is 373 g/mol. The van der Waals surface area contributed by atoms with Gasteiger partial charge in [0.15, 0.2) is 0 Å². The topological polar surface area (TPSA) is 64.0 Å². The van der Waals surface area contributed by atoms with Gasteiger partial charge in [-0.2, -0.15) is 0 Å². The highest BCUT2D eigenvalue weighted by molar-refractivity contribution is 6.38. The molecule has 1 aliphatic carbocycles. The van der Waals surface area contributed by atoms with Gasteiger partial charge in [0.1, 0.15) is 6.54 Å². The molecule has 1 aromatic heterocycles. The van der Waals surface area contributed by atoms with Gasteiger partial charge in [-0.3, -0.25) is 14.2 Å². The summed E-state index contributed by atoms with van der Waals surface area (Å²) in [6, 6.07) is 8.98. The quantitative estimate of drug-likeness (QED) is 0.742. The second-order valence-corrected chi connectivity index (χ2v) is 7.19. The molecule has 3 aromatic rings. The van der Waals surface area contributed by atoms with Crippen molar-refractivity contribution in [3.63, 3.8) is 0 Å². The minimum absolute atomic E-state index is 0.136. The predicted molar refractivity (Wildman–Crippen MR) is 103 cm³/mol. The van der Waals surface area contributed by atoms with Gasteiger partial charge in [-0.05, 0) is 54.7 Å². The first-order chi connectivity index (χ1) is 12.5. The number of hydrogen-bond acceptors (Lipinski definition) is 3. The number of amides is 1. The van der Waals surface area contributed by atoms with E-state index in [0.29, 0.717) is 15.6 Å². The lowest BCUT2D eigenvalue weighted by Crippen LogP contribution is -2.28. The van der Waals surface area contributed by atoms with Crippen molar-refractivity contribution >= 4 is 45.7 Å². The number of hydrogen-bond donors (Lipinski definition) is 1. The highest BCUT2D eigenvalue weighted by atomic mass is 35.5. The van der Waals surface area contributed by atoms with Gasteiger partial charge >= 0.3 is 0 Å². The monoisotopic (exact) mass is 387 g/mol. The number of halogens is 2. The van der Waals surface area contributed by atoms with E-state index in [4.69, 9.17) is 23.2 Å². The third-order valence-electron chi connectivity index (χ3n) is 4.54. The number of aryl methyl sites for hydroxylation is 2. The summed E-state index contributed by atoms with van der Waals surface area (Å²) in [4.78, 5) is 29.1. The van der Waals surface area contributed by atoms with Crippen molar-refractivity contribution in [3.8, 4) is 0 Å². The molecule has 1 heterocycles. The van der Waals surface area contributed by atoms with Crippen molar-refractivity contribution in [1.82, 2.24) is 9.55 Å². The third kappa shape index (κ3) is 3.20. The smallest absolute Gasteiger partial charge is 0.261 e. The molecule has 7 heteroatoms. The first-order valence-electron chi connectivity index (χ1n) is 8.27. The number of carbonyl (C=O) groups excluding carboxylic acids is 1. The van der Waals surface area contributed by atoms with Gasteiger partial charge in [-0.25, -0.2) is 4.98 Å². The van der Waals surface area contributed by atoms with Crippen molar-refractivity contribution < 1.29 is 4.79 Å². The van der Waals surface area contributed by atoms with Crippen molar-refractivity contribution in [2.75, 3.05) is 5.32 Å². The largest absolute Gasteiger partial charge is 0.325 e. The van der Waals surface area contributed by atoms with E-state index in [0.717, 1.165) is 24.9 Å². The predicted octanol–water partition coefficient (Wildman–Crippen LogP) is 3.83. The highest BCUT2D eigenvalue weighted by Gasteiger charge is 2.14. The van der Waals surface area contributed by atoms with Crippen LogP contribution in [0, 0.1) is 0 Å². The molecule has 0 fully saturated rings. The van der Waals surface area contributed by atoms with Crippen LogP contribution in [0.5, 0.6) is 0 Å². The Bertz CT molecular complexity index is 1090. The lowest BCUT2D eigenvalue weighted by molar-refractivity contribution is -0.116. The molecule has 0 saturated heterocycles. The molecular formula is C19H15Cl2N3O2. The number of benzene rings is 2. The first kappa shape index (κ1) is 17.1. The maximum atomic E-state index is 12.6. The average molecular weight is 388 g/mol. The molecule has 132 valence electrons. The molecule has 1 amide bonds. The van der Waals surface area contributed by atoms with Crippen LogP contribution in [0.4, 0.5) is 5.69 Å². The summed E-state index contributed by atoms with van der Waals surface area (Å²) in [5, 5.41) is 3.78. The van der Waals surface area contributed by atoms with Gasteiger partial charge in [0.2, 0.25) is 5.91 Å². The summed E-state index contributed by atoms with van der Waals surface area (Å²) in [6.07, 6.45) is 4.60. The van der Waals surface area contributed by atoms with E-state index in [9.17, 15) is 9.59 Å². The Hall–Kier alpha value is -2.37. The van der Waals surface area contributed by atoms with Crippen molar-refractivity contribution in [1.29, 1.82) is 0 Å². The lowest BCUT2D eigenvalue weighted by atomic mass is 10.1. The fourth-order valence-corrected chi connectivity index (χ4v) is 3.85. The van der Waals surface area contributed by atoms with Gasteiger partial charge in [-0.15, -0.1) is 0 Å². The second kappa shape index (κ2) is 6.74. The van der Waals surface area contributed by atoms with Crippen molar-refractivity contribution in [2.24, 2.45) is 0 Å². The molecule has 0 radical (unpaired) electrons. The Kier molecular flexibility index (Phi) is 4.42. The molecule has 1 N–H and O–H groups in total. The molecule has 1 aliphatic rings. The van der Waals surface area contributed by atoms with Gasteiger partial charge < -0.3 is 5.32 Å². The Morgan fingerprint density at radius 1 is 1.15 bits per heavy atom. The van der Waals surface area contributed by atoms with Crippen LogP contribution in [0.25, 0.3) is 10.9 Å². The maximum absolute atomic E-state index is 12.6. The summed E-state index contributed by atoms with van der Waals surface area (Å²) >= 11 is 12.0. The van der Waals surface area contributed by atoms with Crippen molar-refractivity contribution in [2.45, 2.75) is 25.8 Å². The van der Waals surface area contributed by atoms with Gasteiger partial charge in [0.25, 0.3) is 5.56 Å². The number of nitrogens with zero attached hydrogens (tertiary/aromatic N) is 2. The maximum Gasteiger partial charge on any atom is 0.261 e. The fourth-order valence-electron chi connectivity index (χ4n) is 3.31. The standard InChI is InChI=1S/C19H15Cl2N3O2/c20-13-7-15-18(16(21)8-13)22-10-24(19(15)26)9-17(25)23-14-5-4-11-2-1-3-12(11)6-14/h4-8,10H,1-3,9H2,(H,23,25). The molecule has 4 rings (SSSR count). The molecule has 0 saturated carbocycles. The van der Waals surface area contributed by atoms with E-state index in [1.807, 2.05) is 18.2 Å². The van der Waals surface area contributed by atoms with Crippen LogP contribution in [-0.4, -0.2) is 15.5 Å². The molecule has 0 spiro atoms. The Morgan fingerprint density at radius 3 is 2.81 bits per heavy atom. The summed E-state index contributed by atoms with van der Waals surface area (Å²) < 4.78 is 1.25. The second-order valence-electron chi connectivity index (χ2n) is 6.35. The van der Waals surface area contributed by atoms with Crippen LogP contribution in [0.15, 0.2) is 41.5 Å². The summed E-state index contributed by atoms with van der Waals surface area (Å²) in [6.45, 7) is -0.136. The molecule has 26 heavy (non-hydrogen) atoms. The SMILES string of the molecule is O=C(Cn1cnc2c(Cl)cc(Cl)cc2c1=O)Nc1ccc2c(c1)CCC2. The zero-order valence-corrected chi connectivity index (χ0v) is 15.3. The van der Waals surface area contributed by atoms with Gasteiger partial charge in [0, 0.05) is 10.7 Å². The number of rotatable bonds is 3. The number of anilines is 1. The lowest BCUT2D eigenvalue weighted by Gasteiger charge is -2.10. The van der Waals surface area contributed by atoms with Gasteiger partial charge in [-0.1, -0.05) is 29.3 Å². The van der Waals surface area contributed by atoms with Crippen LogP contribution in [-0.2, 0) is 24.2 Å². The van der Waals surface area contributed by atoms with E-state index >= 15 is 0 Å². The number of nitrogens with one attached hydrogen (secondary N) is 1. The Balaban J connectivity index is 1.58. The van der Waals surface area contributed by atoms with Crippen LogP contribution >= 0.6 is 23.2 Å². The summed E-state index contributed by atoms with van der Waals surface area (Å²) in [5.41, 5.74) is 3.37. The first-order valence-corrected chi connectivity index (χ1v) is 9.03. The molecule has 0 bridgehead atoms. The fraction of sp³-hybridized carbons (Fsp3) is 0.211. The minimum Gasteiger partial charge on any atom is -0.325 e. The van der Waals surface area contributed by atoms with Crippen LogP contribution in [0.1, 0.15) is 17.5 Å². The number of carbonyl (C=O) groups is 1. The number of fused-ring (bicyclic) bond motifs is 2. The zero-order valence-electron chi connectivity index (χ0n) is 13.8.